The molecular formula is C17H16N4O2. The fourth-order valence-corrected chi connectivity index (χ4v) is 3.12. The standard InChI is InChI=1S/C17H16N4O2/c22-21(23)14-6-7-16-15(12-14)18-17-19(10-11-20(16)17)9-8-13-4-2-1-3-5-13/h1-7,12H,8-11H2. The zero-order valence-electron chi connectivity index (χ0n) is 12.6. The third-order valence-corrected chi connectivity index (χ3v) is 4.31. The number of nitrogens with zero attached hydrogens (tertiary/aromatic N) is 4. The van der Waals surface area contributed by atoms with Gasteiger partial charge in [0, 0.05) is 31.8 Å². The second-order valence-corrected chi connectivity index (χ2v) is 5.72. The molecule has 0 amide bonds. The highest BCUT2D eigenvalue weighted by molar-refractivity contribution is 5.81. The third kappa shape index (κ3) is 2.42. The smallest absolute Gasteiger partial charge is 0.271 e. The van der Waals surface area contributed by atoms with Crippen molar-refractivity contribution in [1.29, 1.82) is 0 Å². The Kier molecular flexibility index (Phi) is 3.22. The van der Waals surface area contributed by atoms with E-state index in [2.05, 4.69) is 26.6 Å². The van der Waals surface area contributed by atoms with Gasteiger partial charge in [-0.15, -0.1) is 0 Å². The van der Waals surface area contributed by atoms with E-state index in [-0.39, 0.29) is 10.6 Å². The molecule has 6 nitrogen and oxygen atoms in total. The lowest BCUT2D eigenvalue weighted by atomic mass is 10.1. The molecule has 0 N–H and O–H groups in total. The molecule has 4 rings (SSSR count). The first kappa shape index (κ1) is 13.8. The van der Waals surface area contributed by atoms with E-state index < -0.39 is 0 Å². The van der Waals surface area contributed by atoms with Crippen LogP contribution < -0.4 is 4.90 Å². The number of non-ortho nitro benzene ring substituents is 1. The molecule has 1 aliphatic rings. The molecule has 2 aromatic carbocycles. The van der Waals surface area contributed by atoms with Gasteiger partial charge in [-0.25, -0.2) is 4.98 Å². The Bertz CT molecular complexity index is 873. The number of imidazole rings is 1. The Labute approximate surface area is 133 Å². The molecular weight excluding hydrogens is 292 g/mol. The molecule has 2 heterocycles. The molecule has 6 heteroatoms. The van der Waals surface area contributed by atoms with E-state index in [1.54, 1.807) is 18.2 Å². The second-order valence-electron chi connectivity index (χ2n) is 5.72. The molecule has 0 atom stereocenters. The third-order valence-electron chi connectivity index (χ3n) is 4.31. The summed E-state index contributed by atoms with van der Waals surface area (Å²) in [6, 6.07) is 15.3. The number of hydrogen-bond donors (Lipinski definition) is 0. The van der Waals surface area contributed by atoms with E-state index in [0.29, 0.717) is 5.52 Å². The van der Waals surface area contributed by atoms with Crippen molar-refractivity contribution in [3.8, 4) is 0 Å². The highest BCUT2D eigenvalue weighted by Gasteiger charge is 2.24. The Morgan fingerprint density at radius 1 is 1.13 bits per heavy atom. The topological polar surface area (TPSA) is 64.2 Å². The van der Waals surface area contributed by atoms with Gasteiger partial charge in [-0.2, -0.15) is 0 Å². The van der Waals surface area contributed by atoms with Gasteiger partial charge < -0.3 is 9.47 Å². The van der Waals surface area contributed by atoms with Crippen molar-refractivity contribution in [2.24, 2.45) is 0 Å². The average molecular weight is 308 g/mol. The summed E-state index contributed by atoms with van der Waals surface area (Å²) in [7, 11) is 0. The summed E-state index contributed by atoms with van der Waals surface area (Å²) in [4.78, 5) is 17.4. The van der Waals surface area contributed by atoms with Crippen LogP contribution in [0, 0.1) is 10.1 Å². The van der Waals surface area contributed by atoms with Crippen LogP contribution in [0.1, 0.15) is 5.56 Å². The number of hydrogen-bond acceptors (Lipinski definition) is 4. The molecule has 3 aromatic rings. The van der Waals surface area contributed by atoms with Gasteiger partial charge in [-0.1, -0.05) is 30.3 Å². The molecule has 0 spiro atoms. The lowest BCUT2D eigenvalue weighted by Crippen LogP contribution is -2.23. The first-order valence-electron chi connectivity index (χ1n) is 7.66. The van der Waals surface area contributed by atoms with Crippen LogP contribution in [0.4, 0.5) is 11.6 Å². The monoisotopic (exact) mass is 308 g/mol. The van der Waals surface area contributed by atoms with Gasteiger partial charge >= 0.3 is 0 Å². The Hall–Kier alpha value is -2.89. The molecule has 0 radical (unpaired) electrons. The van der Waals surface area contributed by atoms with Gasteiger partial charge in [0.15, 0.2) is 0 Å². The summed E-state index contributed by atoms with van der Waals surface area (Å²) in [5.74, 6) is 0.913. The number of fused-ring (bicyclic) bond motifs is 3. The summed E-state index contributed by atoms with van der Waals surface area (Å²) in [6.07, 6.45) is 0.962. The first-order chi connectivity index (χ1) is 11.2. The van der Waals surface area contributed by atoms with Gasteiger partial charge in [0.25, 0.3) is 5.69 Å². The maximum atomic E-state index is 10.9. The van der Waals surface area contributed by atoms with Crippen molar-refractivity contribution in [2.45, 2.75) is 13.0 Å². The number of nitro groups is 1. The van der Waals surface area contributed by atoms with E-state index in [9.17, 15) is 10.1 Å². The van der Waals surface area contributed by atoms with Gasteiger partial charge in [0.05, 0.1) is 16.0 Å². The molecule has 1 aromatic heterocycles. The number of anilines is 1. The Morgan fingerprint density at radius 3 is 2.74 bits per heavy atom. The van der Waals surface area contributed by atoms with Gasteiger partial charge in [0.1, 0.15) is 0 Å². The summed E-state index contributed by atoms with van der Waals surface area (Å²) in [5, 5.41) is 10.9. The molecule has 0 unspecified atom stereocenters. The van der Waals surface area contributed by atoms with Crippen LogP contribution in [0.15, 0.2) is 48.5 Å². The zero-order valence-corrected chi connectivity index (χ0v) is 12.6. The van der Waals surface area contributed by atoms with Gasteiger partial charge in [0.2, 0.25) is 5.95 Å². The maximum absolute atomic E-state index is 10.9. The lowest BCUT2D eigenvalue weighted by Gasteiger charge is -2.15. The lowest BCUT2D eigenvalue weighted by molar-refractivity contribution is -0.384. The van der Waals surface area contributed by atoms with Gasteiger partial charge in [-0.05, 0) is 18.1 Å². The molecule has 1 aliphatic heterocycles. The van der Waals surface area contributed by atoms with E-state index in [1.807, 2.05) is 18.2 Å². The fraction of sp³-hybridized carbons (Fsp3) is 0.235. The molecule has 0 saturated heterocycles. The van der Waals surface area contributed by atoms with Crippen LogP contribution in [0.3, 0.4) is 0 Å². The number of nitro benzene ring substituents is 1. The van der Waals surface area contributed by atoms with E-state index >= 15 is 0 Å². The highest BCUT2D eigenvalue weighted by atomic mass is 16.6. The minimum absolute atomic E-state index is 0.0881. The van der Waals surface area contributed by atoms with Crippen LogP contribution in [0.25, 0.3) is 11.0 Å². The summed E-state index contributed by atoms with van der Waals surface area (Å²) in [5.41, 5.74) is 3.05. The first-order valence-corrected chi connectivity index (χ1v) is 7.66. The largest absolute Gasteiger partial charge is 0.340 e. The van der Waals surface area contributed by atoms with Crippen LogP contribution >= 0.6 is 0 Å². The second kappa shape index (κ2) is 5.39. The minimum Gasteiger partial charge on any atom is -0.340 e. The predicted molar refractivity (Wildman–Crippen MR) is 88.7 cm³/mol. The predicted octanol–water partition coefficient (Wildman–Crippen LogP) is 3.01. The summed E-state index contributed by atoms with van der Waals surface area (Å²) < 4.78 is 2.14. The van der Waals surface area contributed by atoms with Crippen molar-refractivity contribution in [1.82, 2.24) is 9.55 Å². The summed E-state index contributed by atoms with van der Waals surface area (Å²) >= 11 is 0. The van der Waals surface area contributed by atoms with Crippen molar-refractivity contribution in [3.05, 3.63) is 64.2 Å². The van der Waals surface area contributed by atoms with E-state index in [4.69, 9.17) is 0 Å². The van der Waals surface area contributed by atoms with Crippen LogP contribution in [-0.4, -0.2) is 27.6 Å². The number of benzene rings is 2. The SMILES string of the molecule is O=[N+]([O-])c1ccc2c(c1)nc1n2CCN1CCc1ccccc1. The minimum atomic E-state index is -0.378. The quantitative estimate of drug-likeness (QED) is 0.549. The number of aromatic nitrogens is 2. The summed E-state index contributed by atoms with van der Waals surface area (Å²) in [6.45, 7) is 2.70. The molecule has 116 valence electrons. The average Bonchev–Trinajstić information content (AvgIpc) is 3.12. The maximum Gasteiger partial charge on any atom is 0.271 e. The van der Waals surface area contributed by atoms with Crippen molar-refractivity contribution in [3.63, 3.8) is 0 Å². The fourth-order valence-electron chi connectivity index (χ4n) is 3.12. The molecule has 0 bridgehead atoms. The normalized spacial score (nSPS) is 13.5. The van der Waals surface area contributed by atoms with E-state index in [1.165, 1.54) is 5.56 Å². The zero-order chi connectivity index (χ0) is 15.8. The van der Waals surface area contributed by atoms with Gasteiger partial charge in [-0.3, -0.25) is 10.1 Å². The molecule has 0 saturated carbocycles. The van der Waals surface area contributed by atoms with Crippen LogP contribution in [0.5, 0.6) is 0 Å². The molecule has 0 fully saturated rings. The molecule has 0 aliphatic carbocycles. The van der Waals surface area contributed by atoms with Crippen molar-refractivity contribution >= 4 is 22.7 Å². The Morgan fingerprint density at radius 2 is 1.96 bits per heavy atom. The molecule has 23 heavy (non-hydrogen) atoms. The number of rotatable bonds is 4. The van der Waals surface area contributed by atoms with Crippen LogP contribution in [0.2, 0.25) is 0 Å². The van der Waals surface area contributed by atoms with Crippen LogP contribution in [-0.2, 0) is 13.0 Å². The Balaban J connectivity index is 1.60. The van der Waals surface area contributed by atoms with Crippen molar-refractivity contribution in [2.75, 3.05) is 18.0 Å². The van der Waals surface area contributed by atoms with E-state index in [0.717, 1.165) is 37.5 Å². The van der Waals surface area contributed by atoms with Crippen molar-refractivity contribution < 1.29 is 4.92 Å². The highest BCUT2D eigenvalue weighted by Crippen LogP contribution is 2.29.